The van der Waals surface area contributed by atoms with E-state index in [9.17, 15) is 4.79 Å². The Balaban J connectivity index is 2.58. The molecule has 2 rings (SSSR count). The van der Waals surface area contributed by atoms with Crippen LogP contribution in [0.3, 0.4) is 0 Å². The Morgan fingerprint density at radius 1 is 1.41 bits per heavy atom. The molecule has 90 valence electrons. The molecule has 0 bridgehead atoms. The number of ether oxygens (including phenoxy) is 1. The van der Waals surface area contributed by atoms with Crippen molar-refractivity contribution in [1.29, 1.82) is 0 Å². The first-order chi connectivity index (χ1) is 8.13. The summed E-state index contributed by atoms with van der Waals surface area (Å²) in [5.74, 6) is 0.135. The van der Waals surface area contributed by atoms with Crippen LogP contribution in [0.2, 0.25) is 0 Å². The minimum Gasteiger partial charge on any atom is -0.462 e. The minimum absolute atomic E-state index is 0.250. The van der Waals surface area contributed by atoms with Gasteiger partial charge >= 0.3 is 5.97 Å². The molecule has 3 heteroatoms. The molecule has 1 N–H and O–H groups in total. The number of H-pyrrole nitrogens is 1. The maximum atomic E-state index is 11.9. The Hall–Kier alpha value is -1.77. The summed E-state index contributed by atoms with van der Waals surface area (Å²) in [7, 11) is 0. The van der Waals surface area contributed by atoms with Crippen molar-refractivity contribution in [1.82, 2.24) is 4.98 Å². The highest BCUT2D eigenvalue weighted by atomic mass is 16.5. The summed E-state index contributed by atoms with van der Waals surface area (Å²) in [6, 6.07) is 5.92. The molecule has 2 aromatic rings. The van der Waals surface area contributed by atoms with Crippen LogP contribution in [0.1, 0.15) is 42.6 Å². The van der Waals surface area contributed by atoms with Gasteiger partial charge in [-0.2, -0.15) is 0 Å². The number of aromatic nitrogens is 1. The predicted octanol–water partition coefficient (Wildman–Crippen LogP) is 3.47. The van der Waals surface area contributed by atoms with Gasteiger partial charge in [-0.15, -0.1) is 0 Å². The summed E-state index contributed by atoms with van der Waals surface area (Å²) in [5.41, 5.74) is 2.77. The third kappa shape index (κ3) is 2.18. The monoisotopic (exact) mass is 231 g/mol. The van der Waals surface area contributed by atoms with Crippen LogP contribution in [0.15, 0.2) is 24.4 Å². The van der Waals surface area contributed by atoms with E-state index >= 15 is 0 Å². The quantitative estimate of drug-likeness (QED) is 0.822. The standard InChI is InChI=1S/C14H17NO2/c1-4-17-14(16)12-7-10(9(2)3)8-13-11(12)5-6-15-13/h5-9,15H,4H2,1-3H3. The molecule has 0 saturated heterocycles. The van der Waals surface area contributed by atoms with E-state index in [1.54, 1.807) is 0 Å². The molecule has 0 saturated carbocycles. The van der Waals surface area contributed by atoms with Crippen LogP contribution in [0, 0.1) is 0 Å². The number of hydrogen-bond donors (Lipinski definition) is 1. The molecule has 0 radical (unpaired) electrons. The molecule has 0 fully saturated rings. The lowest BCUT2D eigenvalue weighted by atomic mass is 9.98. The topological polar surface area (TPSA) is 42.1 Å². The second-order valence-electron chi connectivity index (χ2n) is 4.38. The van der Waals surface area contributed by atoms with E-state index in [0.29, 0.717) is 18.1 Å². The molecule has 0 atom stereocenters. The fraction of sp³-hybridized carbons (Fsp3) is 0.357. The number of carbonyl (C=O) groups excluding carboxylic acids is 1. The molecule has 1 aromatic carbocycles. The zero-order valence-corrected chi connectivity index (χ0v) is 10.4. The molecule has 0 unspecified atom stereocenters. The third-order valence-corrected chi connectivity index (χ3v) is 2.85. The Bertz CT molecular complexity index is 540. The normalized spacial score (nSPS) is 11.1. The van der Waals surface area contributed by atoms with Crippen LogP contribution in [-0.4, -0.2) is 17.6 Å². The van der Waals surface area contributed by atoms with Crippen molar-refractivity contribution in [3.8, 4) is 0 Å². The van der Waals surface area contributed by atoms with Gasteiger partial charge in [0.1, 0.15) is 0 Å². The van der Waals surface area contributed by atoms with E-state index in [1.807, 2.05) is 25.3 Å². The SMILES string of the molecule is CCOC(=O)c1cc(C(C)C)cc2[nH]ccc12. The smallest absolute Gasteiger partial charge is 0.338 e. The molecule has 3 nitrogen and oxygen atoms in total. The molecule has 0 aliphatic rings. The molecule has 0 spiro atoms. The van der Waals surface area contributed by atoms with Gasteiger partial charge in [-0.05, 0) is 36.6 Å². The van der Waals surface area contributed by atoms with Crippen LogP contribution in [0.25, 0.3) is 10.9 Å². The second kappa shape index (κ2) is 4.62. The lowest BCUT2D eigenvalue weighted by Crippen LogP contribution is -2.06. The summed E-state index contributed by atoms with van der Waals surface area (Å²) >= 11 is 0. The van der Waals surface area contributed by atoms with Crippen molar-refractivity contribution in [3.05, 3.63) is 35.5 Å². The molecule has 0 aliphatic heterocycles. The molecule has 0 amide bonds. The van der Waals surface area contributed by atoms with Gasteiger partial charge in [0.25, 0.3) is 0 Å². The lowest BCUT2D eigenvalue weighted by Gasteiger charge is -2.09. The summed E-state index contributed by atoms with van der Waals surface area (Å²) < 4.78 is 5.09. The van der Waals surface area contributed by atoms with E-state index in [2.05, 4.69) is 24.9 Å². The Morgan fingerprint density at radius 2 is 2.18 bits per heavy atom. The highest BCUT2D eigenvalue weighted by Crippen LogP contribution is 2.25. The fourth-order valence-corrected chi connectivity index (χ4v) is 1.90. The van der Waals surface area contributed by atoms with Gasteiger partial charge in [0.2, 0.25) is 0 Å². The number of nitrogens with one attached hydrogen (secondary N) is 1. The van der Waals surface area contributed by atoms with Gasteiger partial charge in [-0.25, -0.2) is 4.79 Å². The summed E-state index contributed by atoms with van der Waals surface area (Å²) in [4.78, 5) is 15.0. The lowest BCUT2D eigenvalue weighted by molar-refractivity contribution is 0.0528. The Labute approximate surface area is 101 Å². The van der Waals surface area contributed by atoms with E-state index in [-0.39, 0.29) is 5.97 Å². The van der Waals surface area contributed by atoms with Crippen molar-refractivity contribution in [3.63, 3.8) is 0 Å². The van der Waals surface area contributed by atoms with Gasteiger partial charge in [-0.3, -0.25) is 0 Å². The number of aromatic amines is 1. The van der Waals surface area contributed by atoms with E-state index in [1.165, 1.54) is 0 Å². The molecule has 17 heavy (non-hydrogen) atoms. The number of esters is 1. The summed E-state index contributed by atoms with van der Waals surface area (Å²) in [5, 5.41) is 0.924. The van der Waals surface area contributed by atoms with Crippen LogP contribution in [-0.2, 0) is 4.74 Å². The third-order valence-electron chi connectivity index (χ3n) is 2.85. The molecule has 0 aliphatic carbocycles. The molecular formula is C14H17NO2. The van der Waals surface area contributed by atoms with Crippen LogP contribution < -0.4 is 0 Å². The maximum absolute atomic E-state index is 11.9. The number of fused-ring (bicyclic) bond motifs is 1. The Kier molecular flexibility index (Phi) is 3.18. The predicted molar refractivity (Wildman–Crippen MR) is 68.3 cm³/mol. The van der Waals surface area contributed by atoms with Crippen molar-refractivity contribution >= 4 is 16.9 Å². The zero-order chi connectivity index (χ0) is 12.4. The van der Waals surface area contributed by atoms with Crippen LogP contribution in [0.5, 0.6) is 0 Å². The summed E-state index contributed by atoms with van der Waals surface area (Å²) in [6.45, 7) is 6.44. The van der Waals surface area contributed by atoms with E-state index < -0.39 is 0 Å². The van der Waals surface area contributed by atoms with Gasteiger partial charge in [0.15, 0.2) is 0 Å². The van der Waals surface area contributed by atoms with Gasteiger partial charge in [0, 0.05) is 17.1 Å². The van der Waals surface area contributed by atoms with Crippen molar-refractivity contribution < 1.29 is 9.53 Å². The largest absolute Gasteiger partial charge is 0.462 e. The number of benzene rings is 1. The highest BCUT2D eigenvalue weighted by molar-refractivity contribution is 6.04. The highest BCUT2D eigenvalue weighted by Gasteiger charge is 2.14. The molecular weight excluding hydrogens is 214 g/mol. The van der Waals surface area contributed by atoms with E-state index in [4.69, 9.17) is 4.74 Å². The number of rotatable bonds is 3. The first kappa shape index (κ1) is 11.7. The van der Waals surface area contributed by atoms with Gasteiger partial charge in [0.05, 0.1) is 12.2 Å². The maximum Gasteiger partial charge on any atom is 0.338 e. The van der Waals surface area contributed by atoms with E-state index in [0.717, 1.165) is 16.5 Å². The first-order valence-electron chi connectivity index (χ1n) is 5.91. The molecule has 1 aromatic heterocycles. The van der Waals surface area contributed by atoms with Crippen LogP contribution in [0.4, 0.5) is 0 Å². The average Bonchev–Trinajstić information content (AvgIpc) is 2.75. The summed E-state index contributed by atoms with van der Waals surface area (Å²) in [6.07, 6.45) is 1.84. The average molecular weight is 231 g/mol. The molecule has 1 heterocycles. The minimum atomic E-state index is -0.250. The number of hydrogen-bond acceptors (Lipinski definition) is 2. The van der Waals surface area contributed by atoms with Crippen molar-refractivity contribution in [2.45, 2.75) is 26.7 Å². The second-order valence-corrected chi connectivity index (χ2v) is 4.38. The van der Waals surface area contributed by atoms with Crippen molar-refractivity contribution in [2.24, 2.45) is 0 Å². The van der Waals surface area contributed by atoms with Gasteiger partial charge in [-0.1, -0.05) is 13.8 Å². The van der Waals surface area contributed by atoms with Gasteiger partial charge < -0.3 is 9.72 Å². The Morgan fingerprint density at radius 3 is 2.82 bits per heavy atom. The first-order valence-corrected chi connectivity index (χ1v) is 5.91. The fourth-order valence-electron chi connectivity index (χ4n) is 1.90. The van der Waals surface area contributed by atoms with Crippen molar-refractivity contribution in [2.75, 3.05) is 6.61 Å². The van der Waals surface area contributed by atoms with Crippen LogP contribution >= 0.6 is 0 Å². The zero-order valence-electron chi connectivity index (χ0n) is 10.4. The number of carbonyl (C=O) groups is 1.